The molecule has 1 aromatic heterocycles. The second kappa shape index (κ2) is 7.18. The molecule has 3 unspecified atom stereocenters. The Bertz CT molecular complexity index is 1350. The Balaban J connectivity index is 1.31. The van der Waals surface area contributed by atoms with E-state index in [0.29, 0.717) is 11.8 Å². The average Bonchev–Trinajstić information content (AvgIpc) is 3.66. The summed E-state index contributed by atoms with van der Waals surface area (Å²) >= 11 is 2.10. The fourth-order valence-electron chi connectivity index (χ4n) is 6.15. The third-order valence-corrected chi connectivity index (χ3v) is 9.16. The highest BCUT2D eigenvalue weighted by Crippen LogP contribution is 2.70. The van der Waals surface area contributed by atoms with Gasteiger partial charge in [0.05, 0.1) is 17.4 Å². The first-order valence-corrected chi connectivity index (χ1v) is 12.7. The van der Waals surface area contributed by atoms with E-state index in [-0.39, 0.29) is 11.2 Å². The second-order valence-corrected chi connectivity index (χ2v) is 11.3. The molecule has 2 saturated carbocycles. The summed E-state index contributed by atoms with van der Waals surface area (Å²) in [5.41, 5.74) is 6.42. The van der Waals surface area contributed by atoms with Gasteiger partial charge in [0.15, 0.2) is 0 Å². The van der Waals surface area contributed by atoms with Gasteiger partial charge in [-0.05, 0) is 78.8 Å². The first-order chi connectivity index (χ1) is 16.1. The normalized spacial score (nSPS) is 26.6. The van der Waals surface area contributed by atoms with Crippen molar-refractivity contribution in [1.82, 2.24) is 14.1 Å². The minimum absolute atomic E-state index is 0.180. The van der Waals surface area contributed by atoms with E-state index in [1.807, 2.05) is 10.9 Å². The summed E-state index contributed by atoms with van der Waals surface area (Å²) < 4.78 is 18.0. The van der Waals surface area contributed by atoms with E-state index in [0.717, 1.165) is 28.4 Å². The monoisotopic (exact) mass is 455 g/mol. The minimum Gasteiger partial charge on any atom is -0.249 e. The lowest BCUT2D eigenvalue weighted by Crippen LogP contribution is -2.25. The molecule has 7 rings (SSSR count). The first-order valence-electron chi connectivity index (χ1n) is 11.8. The van der Waals surface area contributed by atoms with Gasteiger partial charge in [0.1, 0.15) is 5.82 Å². The van der Waals surface area contributed by atoms with Crippen molar-refractivity contribution in [3.63, 3.8) is 0 Å². The molecule has 3 aliphatic rings. The Hall–Kier alpha value is -2.63. The molecular weight excluding hydrogens is 429 g/mol. The van der Waals surface area contributed by atoms with E-state index in [1.165, 1.54) is 48.2 Å². The molecule has 33 heavy (non-hydrogen) atoms. The van der Waals surface area contributed by atoms with Crippen molar-refractivity contribution < 1.29 is 4.39 Å². The van der Waals surface area contributed by atoms with Crippen LogP contribution in [0.4, 0.5) is 4.39 Å². The van der Waals surface area contributed by atoms with Crippen molar-refractivity contribution in [2.75, 3.05) is 13.1 Å². The van der Waals surface area contributed by atoms with Crippen LogP contribution in [0.3, 0.4) is 0 Å². The average molecular weight is 456 g/mol. The lowest BCUT2D eigenvalue weighted by atomic mass is 9.87. The summed E-state index contributed by atoms with van der Waals surface area (Å²) in [6.45, 7) is 4.55. The fourth-order valence-corrected chi connectivity index (χ4v) is 7.46. The molecule has 0 spiro atoms. The molecule has 2 aliphatic carbocycles. The topological polar surface area (TPSA) is 21.1 Å². The van der Waals surface area contributed by atoms with Crippen LogP contribution in [0.2, 0.25) is 0 Å². The Morgan fingerprint density at radius 3 is 2.58 bits per heavy atom. The van der Waals surface area contributed by atoms with Crippen molar-refractivity contribution in [1.29, 1.82) is 0 Å². The van der Waals surface area contributed by atoms with Gasteiger partial charge in [-0.1, -0.05) is 42.3 Å². The molecule has 4 aromatic rings. The van der Waals surface area contributed by atoms with E-state index >= 15 is 0 Å². The molecule has 166 valence electrons. The first kappa shape index (κ1) is 19.8. The van der Waals surface area contributed by atoms with Crippen LogP contribution in [0.15, 0.2) is 72.9 Å². The molecule has 0 bridgehead atoms. The molecule has 0 N–H and O–H groups in total. The van der Waals surface area contributed by atoms with Gasteiger partial charge in [-0.25, -0.2) is 13.4 Å². The summed E-state index contributed by atoms with van der Waals surface area (Å²) in [6.07, 6.45) is 4.70. The Kier molecular flexibility index (Phi) is 4.31. The highest BCUT2D eigenvalue weighted by Gasteiger charge is 2.70. The van der Waals surface area contributed by atoms with Crippen molar-refractivity contribution in [3.05, 3.63) is 95.4 Å². The van der Waals surface area contributed by atoms with E-state index < -0.39 is 0 Å². The van der Waals surface area contributed by atoms with Crippen molar-refractivity contribution in [3.8, 4) is 5.69 Å². The molecule has 3 nitrogen and oxygen atoms in total. The van der Waals surface area contributed by atoms with Crippen molar-refractivity contribution in [2.24, 2.45) is 5.92 Å². The zero-order chi connectivity index (χ0) is 22.2. The number of fused-ring (bicyclic) bond motifs is 2. The standard InChI is InChI=1S/C28H26FN3S/c1-18-13-26-20(15-30-32(26)22-9-7-21(29)8-10-22)14-24(18)28-17-31(33-23-11-12-23)16-25(28)27(28)19-5-3-2-4-6-19/h2-10,13-15,23,25,27H,11-12,16-17H2,1H3. The smallest absolute Gasteiger partial charge is 0.123 e. The van der Waals surface area contributed by atoms with Gasteiger partial charge in [-0.3, -0.25) is 0 Å². The molecule has 1 saturated heterocycles. The SMILES string of the molecule is Cc1cc2c(cnn2-c2ccc(F)cc2)cc1C12CN(SC3CC3)CC1C2c1ccccc1. The highest BCUT2D eigenvalue weighted by molar-refractivity contribution is 7.97. The largest absolute Gasteiger partial charge is 0.249 e. The van der Waals surface area contributed by atoms with Gasteiger partial charge in [-0.15, -0.1) is 0 Å². The zero-order valence-electron chi connectivity index (χ0n) is 18.6. The third kappa shape index (κ3) is 3.09. The molecule has 1 aliphatic heterocycles. The molecule has 0 radical (unpaired) electrons. The molecule has 0 amide bonds. The highest BCUT2D eigenvalue weighted by atomic mass is 32.2. The van der Waals surface area contributed by atoms with Crippen LogP contribution in [0.5, 0.6) is 0 Å². The van der Waals surface area contributed by atoms with Crippen LogP contribution < -0.4 is 0 Å². The molecular formula is C28H26FN3S. The van der Waals surface area contributed by atoms with E-state index in [2.05, 4.69) is 70.7 Å². The maximum absolute atomic E-state index is 13.4. The van der Waals surface area contributed by atoms with Crippen LogP contribution in [0.1, 0.15) is 35.4 Å². The van der Waals surface area contributed by atoms with Gasteiger partial charge < -0.3 is 0 Å². The number of hydrogen-bond donors (Lipinski definition) is 0. The summed E-state index contributed by atoms with van der Waals surface area (Å²) in [5.74, 6) is 1.02. The Labute approximate surface area is 197 Å². The number of rotatable bonds is 5. The zero-order valence-corrected chi connectivity index (χ0v) is 19.4. The van der Waals surface area contributed by atoms with Crippen LogP contribution in [-0.2, 0) is 5.41 Å². The number of halogens is 1. The predicted molar refractivity (Wildman–Crippen MR) is 132 cm³/mol. The maximum atomic E-state index is 13.4. The van der Waals surface area contributed by atoms with Crippen LogP contribution >= 0.6 is 11.9 Å². The van der Waals surface area contributed by atoms with Crippen LogP contribution in [0.25, 0.3) is 16.6 Å². The van der Waals surface area contributed by atoms with E-state index in [9.17, 15) is 4.39 Å². The van der Waals surface area contributed by atoms with E-state index in [1.54, 1.807) is 12.1 Å². The van der Waals surface area contributed by atoms with Crippen molar-refractivity contribution >= 4 is 22.9 Å². The summed E-state index contributed by atoms with van der Waals surface area (Å²) in [4.78, 5) is 0. The Morgan fingerprint density at radius 2 is 1.82 bits per heavy atom. The van der Waals surface area contributed by atoms with E-state index in [4.69, 9.17) is 0 Å². The van der Waals surface area contributed by atoms with Gasteiger partial charge in [0.25, 0.3) is 0 Å². The number of aryl methyl sites for hydroxylation is 1. The van der Waals surface area contributed by atoms with Gasteiger partial charge in [0.2, 0.25) is 0 Å². The third-order valence-electron chi connectivity index (χ3n) is 7.82. The lowest BCUT2D eigenvalue weighted by molar-refractivity contribution is 0.478. The van der Waals surface area contributed by atoms with Gasteiger partial charge in [-0.2, -0.15) is 5.10 Å². The maximum Gasteiger partial charge on any atom is 0.123 e. The van der Waals surface area contributed by atoms with Crippen molar-refractivity contribution in [2.45, 2.75) is 36.3 Å². The quantitative estimate of drug-likeness (QED) is 0.332. The van der Waals surface area contributed by atoms with Crippen LogP contribution in [-0.4, -0.2) is 32.4 Å². The number of hydrogen-bond acceptors (Lipinski definition) is 3. The molecule has 5 heteroatoms. The summed E-state index contributed by atoms with van der Waals surface area (Å²) in [6, 6.07) is 22.3. The minimum atomic E-state index is -0.227. The number of benzene rings is 3. The lowest BCUT2D eigenvalue weighted by Gasteiger charge is -2.25. The number of piperidine rings is 1. The van der Waals surface area contributed by atoms with Gasteiger partial charge in [0, 0.05) is 35.1 Å². The van der Waals surface area contributed by atoms with Gasteiger partial charge >= 0.3 is 0 Å². The van der Waals surface area contributed by atoms with Crippen LogP contribution in [0, 0.1) is 18.7 Å². The second-order valence-electron chi connectivity index (χ2n) is 9.92. The Morgan fingerprint density at radius 1 is 1.03 bits per heavy atom. The number of nitrogens with zero attached hydrogens (tertiary/aromatic N) is 3. The molecule has 3 atom stereocenters. The summed E-state index contributed by atoms with van der Waals surface area (Å²) in [7, 11) is 0. The fraction of sp³-hybridized carbons (Fsp3) is 0.321. The predicted octanol–water partition coefficient (Wildman–Crippen LogP) is 6.25. The summed E-state index contributed by atoms with van der Waals surface area (Å²) in [5, 5.41) is 6.65. The molecule has 3 fully saturated rings. The number of aromatic nitrogens is 2. The molecule has 2 heterocycles. The molecule has 3 aromatic carbocycles.